The van der Waals surface area contributed by atoms with Crippen LogP contribution in [0.15, 0.2) is 47.4 Å². The van der Waals surface area contributed by atoms with Gasteiger partial charge in [0.1, 0.15) is 12.1 Å². The average Bonchev–Trinajstić information content (AvgIpc) is 3.76. The lowest BCUT2D eigenvalue weighted by atomic mass is 9.91. The van der Waals surface area contributed by atoms with Crippen LogP contribution in [0.2, 0.25) is 0 Å². The molecule has 0 spiro atoms. The minimum Gasteiger partial charge on any atom is -0.340 e. The van der Waals surface area contributed by atoms with Crippen molar-refractivity contribution < 1.29 is 37.5 Å². The van der Waals surface area contributed by atoms with Gasteiger partial charge in [-0.25, -0.2) is 0 Å². The normalized spacial score (nSPS) is 25.3. The van der Waals surface area contributed by atoms with Gasteiger partial charge in [0.25, 0.3) is 5.91 Å². The van der Waals surface area contributed by atoms with Gasteiger partial charge < -0.3 is 29.9 Å². The van der Waals surface area contributed by atoms with E-state index < -0.39 is 42.7 Å². The zero-order valence-electron chi connectivity index (χ0n) is 25.0. The third-order valence-electron chi connectivity index (χ3n) is 9.40. The number of H-pyrrole nitrogens is 1. The summed E-state index contributed by atoms with van der Waals surface area (Å²) in [7, 11) is -5.78. The molecule has 0 saturated carbocycles. The summed E-state index contributed by atoms with van der Waals surface area (Å²) in [6.07, 6.45) is 5.07. The van der Waals surface area contributed by atoms with Crippen molar-refractivity contribution in [3.63, 3.8) is 0 Å². The number of thiophene rings is 1. The van der Waals surface area contributed by atoms with Gasteiger partial charge in [-0.3, -0.25) is 23.7 Å². The van der Waals surface area contributed by atoms with E-state index in [1.165, 1.54) is 24.4 Å². The quantitative estimate of drug-likeness (QED) is 0.283. The summed E-state index contributed by atoms with van der Waals surface area (Å²) in [6, 6.07) is 7.95. The van der Waals surface area contributed by atoms with E-state index in [-0.39, 0.29) is 52.7 Å². The number of benzene rings is 1. The number of rotatable bonds is 6. The van der Waals surface area contributed by atoms with Crippen LogP contribution in [0.4, 0.5) is 8.78 Å². The number of nitrogens with zero attached hydrogens (tertiary/aromatic N) is 3. The molecule has 3 aromatic rings. The second-order valence-electron chi connectivity index (χ2n) is 12.3. The zero-order valence-corrected chi connectivity index (χ0v) is 26.7. The third-order valence-corrected chi connectivity index (χ3v) is 11.5. The monoisotopic (exact) mass is 687 g/mol. The molecular formula is C31H32F2N5O7PS. The number of carbonyl (C=O) groups is 3. The summed E-state index contributed by atoms with van der Waals surface area (Å²) in [5, 5.41) is 12.8. The Morgan fingerprint density at radius 2 is 1.83 bits per heavy atom. The highest BCUT2D eigenvalue weighted by molar-refractivity contribution is 7.52. The Balaban J connectivity index is 1.19. The Labute approximate surface area is 271 Å². The van der Waals surface area contributed by atoms with Crippen molar-refractivity contribution in [3.05, 3.63) is 69.0 Å². The first-order valence-electron chi connectivity index (χ1n) is 15.3. The van der Waals surface area contributed by atoms with Crippen molar-refractivity contribution in [2.75, 3.05) is 13.1 Å². The van der Waals surface area contributed by atoms with E-state index in [0.717, 1.165) is 29.9 Å². The van der Waals surface area contributed by atoms with Crippen molar-refractivity contribution >= 4 is 46.7 Å². The number of aromatic amines is 1. The number of pyridine rings is 1. The summed E-state index contributed by atoms with van der Waals surface area (Å²) in [6.45, 7) is 0.404. The van der Waals surface area contributed by atoms with Crippen LogP contribution in [0, 0.1) is 17.2 Å². The number of halogens is 2. The molecule has 0 unspecified atom stereocenters. The van der Waals surface area contributed by atoms with E-state index >= 15 is 0 Å². The highest BCUT2D eigenvalue weighted by Crippen LogP contribution is 2.59. The van der Waals surface area contributed by atoms with Gasteiger partial charge in [0, 0.05) is 47.6 Å². The average molecular weight is 688 g/mol. The lowest BCUT2D eigenvalue weighted by Crippen LogP contribution is -2.56. The number of nitrogens with one attached hydrogen (secondary N) is 2. The predicted octanol–water partition coefficient (Wildman–Crippen LogP) is 3.61. The van der Waals surface area contributed by atoms with Crippen LogP contribution >= 0.6 is 18.9 Å². The maximum atomic E-state index is 14.3. The summed E-state index contributed by atoms with van der Waals surface area (Å²) in [5.74, 6) is -2.13. The van der Waals surface area contributed by atoms with E-state index in [1.54, 1.807) is 15.9 Å². The fourth-order valence-corrected chi connectivity index (χ4v) is 8.42. The highest BCUT2D eigenvalue weighted by Gasteiger charge is 2.51. The number of hydrogen-bond acceptors (Lipinski definition) is 7. The maximum absolute atomic E-state index is 14.3. The van der Waals surface area contributed by atoms with Crippen molar-refractivity contribution in [1.29, 1.82) is 5.26 Å². The Kier molecular flexibility index (Phi) is 8.82. The first-order valence-corrected chi connectivity index (χ1v) is 17.7. The lowest BCUT2D eigenvalue weighted by Gasteiger charge is -2.36. The maximum Gasteiger partial charge on any atom is 0.399 e. The Hall–Kier alpha value is -3.96. The Morgan fingerprint density at radius 1 is 1.06 bits per heavy atom. The van der Waals surface area contributed by atoms with Crippen LogP contribution in [0.3, 0.4) is 0 Å². The molecule has 12 nitrogen and oxygen atoms in total. The molecule has 47 heavy (non-hydrogen) atoms. The van der Waals surface area contributed by atoms with Gasteiger partial charge in [-0.2, -0.15) is 14.0 Å². The van der Waals surface area contributed by atoms with Crippen LogP contribution in [0.1, 0.15) is 65.2 Å². The minimum absolute atomic E-state index is 0.127. The summed E-state index contributed by atoms with van der Waals surface area (Å²) in [4.78, 5) is 77.3. The number of aromatic nitrogens is 1. The van der Waals surface area contributed by atoms with Crippen LogP contribution in [-0.4, -0.2) is 73.5 Å². The summed E-state index contributed by atoms with van der Waals surface area (Å²) < 4.78 is 40.4. The number of nitriles is 1. The van der Waals surface area contributed by atoms with Crippen molar-refractivity contribution in [2.24, 2.45) is 5.92 Å². The molecule has 6 rings (SSSR count). The molecule has 3 saturated heterocycles. The number of likely N-dealkylation sites (tertiary alicyclic amines) is 1. The smallest absolute Gasteiger partial charge is 0.340 e. The molecule has 0 radical (unpaired) electrons. The van der Waals surface area contributed by atoms with Gasteiger partial charge in [-0.1, -0.05) is 18.9 Å². The van der Waals surface area contributed by atoms with Crippen molar-refractivity contribution in [2.45, 2.75) is 68.2 Å². The van der Waals surface area contributed by atoms with Crippen molar-refractivity contribution in [1.82, 2.24) is 20.1 Å². The highest BCUT2D eigenvalue weighted by atomic mass is 32.1. The van der Waals surface area contributed by atoms with Gasteiger partial charge >= 0.3 is 13.3 Å². The first-order chi connectivity index (χ1) is 22.3. The summed E-state index contributed by atoms with van der Waals surface area (Å²) >= 11 is 0.990. The van der Waals surface area contributed by atoms with E-state index in [0.29, 0.717) is 42.4 Å². The van der Waals surface area contributed by atoms with E-state index in [9.17, 15) is 37.8 Å². The first kappa shape index (κ1) is 33.0. The number of fused-ring (bicyclic) bond motifs is 2. The molecule has 5 atom stereocenters. The molecule has 3 aliphatic rings. The van der Waals surface area contributed by atoms with Gasteiger partial charge in [-0.05, 0) is 60.9 Å². The number of hydrogen-bond donors (Lipinski definition) is 4. The van der Waals surface area contributed by atoms with E-state index in [2.05, 4.69) is 16.4 Å². The lowest BCUT2D eigenvalue weighted by molar-refractivity contribution is -0.146. The van der Waals surface area contributed by atoms with E-state index in [4.69, 9.17) is 9.79 Å². The largest absolute Gasteiger partial charge is 0.399 e. The van der Waals surface area contributed by atoms with Gasteiger partial charge in [0.2, 0.25) is 17.4 Å². The third kappa shape index (κ3) is 6.23. The SMILES string of the molecule is N#C[C@H]1CN(C(=O)[C@@H]2CC[C@@H]3CCCC[C@H](NC(=O)c4cc5cc(C(F)(F)P(=O)(O)O)ccc5s4)C(=O)N32)C[C@@H]1c1cc[nH]c(=O)c1. The zero-order chi connectivity index (χ0) is 33.7. The molecule has 3 fully saturated rings. The molecule has 3 aliphatic heterocycles. The topological polar surface area (TPSA) is 184 Å². The Morgan fingerprint density at radius 3 is 2.55 bits per heavy atom. The van der Waals surface area contributed by atoms with Crippen molar-refractivity contribution in [3.8, 4) is 6.07 Å². The van der Waals surface area contributed by atoms with Crippen LogP contribution in [-0.2, 0) is 19.8 Å². The molecule has 248 valence electrons. The van der Waals surface area contributed by atoms with Gasteiger partial charge in [-0.15, -0.1) is 11.3 Å². The van der Waals surface area contributed by atoms with Crippen LogP contribution in [0.25, 0.3) is 10.1 Å². The molecular weight excluding hydrogens is 655 g/mol. The number of amides is 3. The second kappa shape index (κ2) is 12.6. The molecule has 2 aromatic heterocycles. The van der Waals surface area contributed by atoms with E-state index in [1.807, 2.05) is 0 Å². The van der Waals surface area contributed by atoms with Gasteiger partial charge in [0.15, 0.2) is 0 Å². The standard InChI is InChI=1S/C31H32F2N5O7PS/c32-31(33,46(43,44)45)20-5-8-25-18(11-20)12-26(47-25)28(40)36-23-4-2-1-3-21-6-7-24(38(21)29(23)41)30(42)37-15-19(14-34)22(16-37)17-9-10-35-27(39)13-17/h5,8-13,19,21-24H,1-4,6-7,15-16H2,(H,35,39)(H,36,40)(H2,43,44,45)/t19-,21-,22+,23-,24-/m0/s1. The molecule has 3 amide bonds. The minimum atomic E-state index is -5.78. The van der Waals surface area contributed by atoms with Crippen LogP contribution in [0.5, 0.6) is 0 Å². The fraction of sp³-hybridized carbons (Fsp3) is 0.452. The molecule has 1 aromatic carbocycles. The molecule has 0 bridgehead atoms. The number of alkyl halides is 2. The predicted molar refractivity (Wildman–Crippen MR) is 167 cm³/mol. The molecule has 5 heterocycles. The van der Waals surface area contributed by atoms with Gasteiger partial charge in [0.05, 0.1) is 16.9 Å². The van der Waals surface area contributed by atoms with Crippen LogP contribution < -0.4 is 10.9 Å². The molecule has 16 heteroatoms. The number of carbonyl (C=O) groups excluding carboxylic acids is 3. The summed E-state index contributed by atoms with van der Waals surface area (Å²) in [5.41, 5.74) is -4.91. The molecule has 4 N–H and O–H groups in total. The Bertz CT molecular complexity index is 1890. The fourth-order valence-electron chi connectivity index (χ4n) is 7.00. The second-order valence-corrected chi connectivity index (χ2v) is 15.1. The molecule has 0 aliphatic carbocycles.